The molecule has 7 nitrogen and oxygen atoms in total. The van der Waals surface area contributed by atoms with Gasteiger partial charge in [-0.25, -0.2) is 8.42 Å². The van der Waals surface area contributed by atoms with E-state index in [4.69, 9.17) is 10.7 Å². The molecule has 0 saturated heterocycles. The van der Waals surface area contributed by atoms with Crippen molar-refractivity contribution < 1.29 is 17.4 Å². The molecule has 1 aromatic rings. The summed E-state index contributed by atoms with van der Waals surface area (Å²) in [5.74, 6) is -0.389. The Labute approximate surface area is 118 Å². The smallest absolute Gasteiger partial charge is 0.273 e. The van der Waals surface area contributed by atoms with E-state index in [0.717, 1.165) is 0 Å². The highest BCUT2D eigenvalue weighted by molar-refractivity contribution is 8.13. The summed E-state index contributed by atoms with van der Waals surface area (Å²) in [6, 6.07) is 0. The van der Waals surface area contributed by atoms with Crippen LogP contribution in [0.15, 0.2) is 4.90 Å². The van der Waals surface area contributed by atoms with E-state index < -0.39 is 25.8 Å². The number of hydrogen-bond acceptors (Lipinski definition) is 5. The summed E-state index contributed by atoms with van der Waals surface area (Å²) in [4.78, 5) is 11.5. The van der Waals surface area contributed by atoms with Gasteiger partial charge in [-0.05, 0) is 6.42 Å². The quantitative estimate of drug-likeness (QED) is 0.715. The van der Waals surface area contributed by atoms with Crippen LogP contribution in [-0.4, -0.2) is 47.3 Å². The van der Waals surface area contributed by atoms with E-state index in [1.54, 1.807) is 6.92 Å². The second-order valence-corrected chi connectivity index (χ2v) is 7.76. The standard InChI is InChI=1S/C9H14ClN3O4S2/c1-3-6-8(19(10,16)17)7(13-12-6)9(14)11-4-5-18(2)15/h3-5H2,1-2H3,(H,11,14)(H,12,13). The molecule has 108 valence electrons. The molecule has 2 N–H and O–H groups in total. The summed E-state index contributed by atoms with van der Waals surface area (Å²) in [7, 11) is 0.195. The summed E-state index contributed by atoms with van der Waals surface area (Å²) in [6.07, 6.45) is 1.85. The normalized spacial score (nSPS) is 13.2. The van der Waals surface area contributed by atoms with Gasteiger partial charge in [-0.15, -0.1) is 0 Å². The molecule has 1 heterocycles. The van der Waals surface area contributed by atoms with E-state index in [9.17, 15) is 17.4 Å². The van der Waals surface area contributed by atoms with Gasteiger partial charge < -0.3 is 5.32 Å². The summed E-state index contributed by atoms with van der Waals surface area (Å²) >= 11 is 0. The zero-order valence-electron chi connectivity index (χ0n) is 10.4. The first-order chi connectivity index (χ1) is 8.77. The van der Waals surface area contributed by atoms with E-state index in [1.165, 1.54) is 6.26 Å². The van der Waals surface area contributed by atoms with Crippen molar-refractivity contribution in [3.63, 3.8) is 0 Å². The third-order valence-electron chi connectivity index (χ3n) is 2.28. The zero-order valence-corrected chi connectivity index (χ0v) is 12.8. The van der Waals surface area contributed by atoms with Gasteiger partial charge in [0.25, 0.3) is 15.0 Å². The first-order valence-electron chi connectivity index (χ1n) is 5.37. The molecule has 0 spiro atoms. The monoisotopic (exact) mass is 327 g/mol. The minimum Gasteiger partial charge on any atom is -0.350 e. The van der Waals surface area contributed by atoms with Gasteiger partial charge in [-0.3, -0.25) is 14.1 Å². The van der Waals surface area contributed by atoms with Crippen LogP contribution in [0.5, 0.6) is 0 Å². The van der Waals surface area contributed by atoms with Crippen LogP contribution in [0.4, 0.5) is 0 Å². The first-order valence-corrected chi connectivity index (χ1v) is 9.41. The van der Waals surface area contributed by atoms with Crippen LogP contribution < -0.4 is 5.32 Å². The molecule has 0 aliphatic carbocycles. The summed E-state index contributed by atoms with van der Waals surface area (Å²) in [6.45, 7) is 1.87. The number of carbonyl (C=O) groups is 1. The Morgan fingerprint density at radius 3 is 2.63 bits per heavy atom. The fourth-order valence-corrected chi connectivity index (χ4v) is 3.16. The van der Waals surface area contributed by atoms with Gasteiger partial charge in [0.1, 0.15) is 4.90 Å². The first kappa shape index (κ1) is 16.1. The average molecular weight is 328 g/mol. The maximum Gasteiger partial charge on any atom is 0.273 e. The molecule has 1 atom stereocenters. The highest BCUT2D eigenvalue weighted by atomic mass is 35.7. The molecule has 0 saturated carbocycles. The fraction of sp³-hybridized carbons (Fsp3) is 0.556. The Morgan fingerprint density at radius 2 is 2.16 bits per heavy atom. The fourth-order valence-electron chi connectivity index (χ4n) is 1.42. The summed E-state index contributed by atoms with van der Waals surface area (Å²) in [5.41, 5.74) is 0.00736. The molecule has 0 fully saturated rings. The predicted molar refractivity (Wildman–Crippen MR) is 72.3 cm³/mol. The van der Waals surface area contributed by atoms with Gasteiger partial charge in [-0.2, -0.15) is 5.10 Å². The number of aromatic nitrogens is 2. The number of aromatic amines is 1. The average Bonchev–Trinajstić information content (AvgIpc) is 2.71. The van der Waals surface area contributed by atoms with Crippen molar-refractivity contribution in [1.82, 2.24) is 15.5 Å². The number of hydrogen-bond donors (Lipinski definition) is 2. The molecule has 1 aromatic heterocycles. The van der Waals surface area contributed by atoms with Crippen molar-refractivity contribution in [2.24, 2.45) is 0 Å². The van der Waals surface area contributed by atoms with Crippen LogP contribution in [0.3, 0.4) is 0 Å². The predicted octanol–water partition coefficient (Wildman–Crippen LogP) is 0.00790. The van der Waals surface area contributed by atoms with Gasteiger partial charge >= 0.3 is 0 Å². The van der Waals surface area contributed by atoms with E-state index in [2.05, 4.69) is 15.5 Å². The highest BCUT2D eigenvalue weighted by Gasteiger charge is 2.27. The molecule has 0 bridgehead atoms. The van der Waals surface area contributed by atoms with Crippen molar-refractivity contribution in [2.45, 2.75) is 18.2 Å². The van der Waals surface area contributed by atoms with Crippen molar-refractivity contribution >= 4 is 36.4 Å². The lowest BCUT2D eigenvalue weighted by Gasteiger charge is -2.03. The maximum atomic E-state index is 11.8. The maximum absolute atomic E-state index is 11.8. The van der Waals surface area contributed by atoms with Crippen LogP contribution in [0.25, 0.3) is 0 Å². The zero-order chi connectivity index (χ0) is 14.6. The molecular weight excluding hydrogens is 314 g/mol. The van der Waals surface area contributed by atoms with Gasteiger partial charge in [0.2, 0.25) is 0 Å². The number of nitrogens with one attached hydrogen (secondary N) is 2. The Balaban J connectivity index is 2.98. The van der Waals surface area contributed by atoms with E-state index in [-0.39, 0.29) is 28.6 Å². The molecule has 10 heteroatoms. The van der Waals surface area contributed by atoms with Crippen LogP contribution >= 0.6 is 10.7 Å². The second-order valence-electron chi connectivity index (χ2n) is 3.70. The van der Waals surface area contributed by atoms with Crippen LogP contribution in [0, 0.1) is 0 Å². The van der Waals surface area contributed by atoms with Crippen LogP contribution in [0.1, 0.15) is 23.1 Å². The van der Waals surface area contributed by atoms with Gasteiger partial charge in [-0.1, -0.05) is 6.92 Å². The van der Waals surface area contributed by atoms with Crippen molar-refractivity contribution in [1.29, 1.82) is 0 Å². The molecule has 0 radical (unpaired) electrons. The third-order valence-corrected chi connectivity index (χ3v) is 4.45. The molecule has 1 unspecified atom stereocenters. The van der Waals surface area contributed by atoms with E-state index >= 15 is 0 Å². The van der Waals surface area contributed by atoms with Crippen molar-refractivity contribution in [2.75, 3.05) is 18.6 Å². The van der Waals surface area contributed by atoms with Crippen LogP contribution in [0.2, 0.25) is 0 Å². The number of aryl methyl sites for hydroxylation is 1. The number of rotatable bonds is 6. The Kier molecular flexibility index (Phi) is 5.50. The number of amides is 1. The lowest BCUT2D eigenvalue weighted by Crippen LogP contribution is -2.28. The number of carbonyl (C=O) groups excluding carboxylic acids is 1. The van der Waals surface area contributed by atoms with E-state index in [0.29, 0.717) is 6.42 Å². The molecular formula is C9H14ClN3O4S2. The molecule has 19 heavy (non-hydrogen) atoms. The number of halogens is 1. The minimum absolute atomic E-state index is 0.165. The largest absolute Gasteiger partial charge is 0.350 e. The number of nitrogens with zero attached hydrogens (tertiary/aromatic N) is 1. The number of H-pyrrole nitrogens is 1. The lowest BCUT2D eigenvalue weighted by molar-refractivity contribution is 0.0948. The third kappa shape index (κ3) is 4.29. The molecule has 0 aromatic carbocycles. The van der Waals surface area contributed by atoms with Gasteiger partial charge in [0, 0.05) is 40.0 Å². The Hall–Kier alpha value is -0.930. The summed E-state index contributed by atoms with van der Waals surface area (Å²) in [5, 5.41) is 8.59. The van der Waals surface area contributed by atoms with Gasteiger partial charge in [0.05, 0.1) is 5.69 Å². The molecule has 0 aliphatic rings. The van der Waals surface area contributed by atoms with Crippen molar-refractivity contribution in [3.05, 3.63) is 11.4 Å². The van der Waals surface area contributed by atoms with Crippen molar-refractivity contribution in [3.8, 4) is 0 Å². The minimum atomic E-state index is -4.06. The molecule has 1 amide bonds. The van der Waals surface area contributed by atoms with E-state index in [1.807, 2.05) is 0 Å². The van der Waals surface area contributed by atoms with Gasteiger partial charge in [0.15, 0.2) is 5.69 Å². The molecule has 0 aliphatic heterocycles. The second kappa shape index (κ2) is 6.49. The molecule has 1 rings (SSSR count). The Morgan fingerprint density at radius 1 is 1.53 bits per heavy atom. The summed E-state index contributed by atoms with van der Waals surface area (Å²) < 4.78 is 33.8. The highest BCUT2D eigenvalue weighted by Crippen LogP contribution is 2.22. The Bertz CT molecular complexity index is 597. The lowest BCUT2D eigenvalue weighted by atomic mass is 10.3. The SMILES string of the molecule is CCc1[nH]nc(C(=O)NCCS(C)=O)c1S(=O)(=O)Cl. The van der Waals surface area contributed by atoms with Crippen LogP contribution in [-0.2, 0) is 26.3 Å². The topological polar surface area (TPSA) is 109 Å².